The molecular formula is C15H13ClN2S. The molecule has 2 nitrogen and oxygen atoms in total. The van der Waals surface area contributed by atoms with Gasteiger partial charge in [-0.25, -0.2) is 0 Å². The number of nitrogens with one attached hydrogen (secondary N) is 1. The van der Waals surface area contributed by atoms with E-state index in [1.54, 1.807) is 11.3 Å². The molecular weight excluding hydrogens is 276 g/mol. The van der Waals surface area contributed by atoms with Crippen LogP contribution in [0.5, 0.6) is 0 Å². The van der Waals surface area contributed by atoms with E-state index in [0.29, 0.717) is 0 Å². The minimum Gasteiger partial charge on any atom is -0.309 e. The molecule has 1 atom stereocenters. The molecule has 96 valence electrons. The van der Waals surface area contributed by atoms with Gasteiger partial charge < -0.3 is 5.32 Å². The number of hydrogen-bond donors (Lipinski definition) is 1. The third kappa shape index (κ3) is 2.37. The zero-order chi connectivity index (χ0) is 13.2. The number of halogens is 1. The lowest BCUT2D eigenvalue weighted by molar-refractivity contribution is 0.708. The third-order valence-electron chi connectivity index (χ3n) is 3.16. The summed E-state index contributed by atoms with van der Waals surface area (Å²) in [6.45, 7) is 0. The molecule has 2 aromatic heterocycles. The van der Waals surface area contributed by atoms with Crippen molar-refractivity contribution < 1.29 is 0 Å². The van der Waals surface area contributed by atoms with E-state index in [0.717, 1.165) is 9.85 Å². The monoisotopic (exact) mass is 288 g/mol. The van der Waals surface area contributed by atoms with Gasteiger partial charge in [0.2, 0.25) is 0 Å². The van der Waals surface area contributed by atoms with Crippen LogP contribution in [0.1, 0.15) is 16.5 Å². The van der Waals surface area contributed by atoms with Crippen LogP contribution in [0.25, 0.3) is 10.9 Å². The molecule has 0 aliphatic rings. The Morgan fingerprint density at radius 1 is 1.16 bits per heavy atom. The molecule has 1 aromatic carbocycles. The van der Waals surface area contributed by atoms with Gasteiger partial charge in [0.05, 0.1) is 15.9 Å². The maximum atomic E-state index is 6.05. The van der Waals surface area contributed by atoms with Gasteiger partial charge in [-0.3, -0.25) is 4.98 Å². The van der Waals surface area contributed by atoms with Crippen LogP contribution in [0.2, 0.25) is 4.34 Å². The fourth-order valence-electron chi connectivity index (χ4n) is 2.30. The van der Waals surface area contributed by atoms with E-state index in [2.05, 4.69) is 28.5 Å². The molecule has 2 heterocycles. The van der Waals surface area contributed by atoms with Crippen LogP contribution in [0, 0.1) is 0 Å². The summed E-state index contributed by atoms with van der Waals surface area (Å²) in [7, 11) is 1.97. The highest BCUT2D eigenvalue weighted by atomic mass is 35.5. The Hall–Kier alpha value is -1.42. The summed E-state index contributed by atoms with van der Waals surface area (Å²) in [6, 6.07) is 14.4. The fourth-order valence-corrected chi connectivity index (χ4v) is 3.49. The Morgan fingerprint density at radius 2 is 2.00 bits per heavy atom. The SMILES string of the molecule is CNC(c1ccc(Cl)s1)c1ccnc2ccccc12. The van der Waals surface area contributed by atoms with Crippen molar-refractivity contribution in [1.82, 2.24) is 10.3 Å². The molecule has 0 saturated carbocycles. The van der Waals surface area contributed by atoms with Crippen LogP contribution in [-0.2, 0) is 0 Å². The summed E-state index contributed by atoms with van der Waals surface area (Å²) in [5, 5.41) is 4.54. The first-order chi connectivity index (χ1) is 9.29. The van der Waals surface area contributed by atoms with Gasteiger partial charge in [-0.05, 0) is 36.9 Å². The van der Waals surface area contributed by atoms with E-state index in [9.17, 15) is 0 Å². The topological polar surface area (TPSA) is 24.9 Å². The lowest BCUT2D eigenvalue weighted by Crippen LogP contribution is -2.16. The highest BCUT2D eigenvalue weighted by Gasteiger charge is 2.16. The van der Waals surface area contributed by atoms with Gasteiger partial charge in [-0.15, -0.1) is 11.3 Å². The molecule has 0 bridgehead atoms. The number of para-hydroxylation sites is 1. The molecule has 3 rings (SSSR count). The number of benzene rings is 1. The lowest BCUT2D eigenvalue weighted by atomic mass is 10.0. The average molecular weight is 289 g/mol. The van der Waals surface area contributed by atoms with Gasteiger partial charge >= 0.3 is 0 Å². The Morgan fingerprint density at radius 3 is 2.74 bits per heavy atom. The van der Waals surface area contributed by atoms with Crippen molar-refractivity contribution in [1.29, 1.82) is 0 Å². The third-order valence-corrected chi connectivity index (χ3v) is 4.46. The number of pyridine rings is 1. The quantitative estimate of drug-likeness (QED) is 0.779. The second-order valence-electron chi connectivity index (χ2n) is 4.28. The van der Waals surface area contributed by atoms with Crippen LogP contribution in [0.3, 0.4) is 0 Å². The molecule has 3 aromatic rings. The first kappa shape index (κ1) is 12.6. The summed E-state index contributed by atoms with van der Waals surface area (Å²) in [5.41, 5.74) is 2.24. The Bertz CT molecular complexity index is 703. The molecule has 0 spiro atoms. The van der Waals surface area contributed by atoms with Gasteiger partial charge in [0.25, 0.3) is 0 Å². The number of thiophene rings is 1. The predicted molar refractivity (Wildman–Crippen MR) is 82.0 cm³/mol. The molecule has 4 heteroatoms. The maximum absolute atomic E-state index is 6.05. The van der Waals surface area contributed by atoms with Crippen molar-refractivity contribution in [3.05, 3.63) is 63.4 Å². The van der Waals surface area contributed by atoms with Crippen molar-refractivity contribution >= 4 is 33.8 Å². The molecule has 0 aliphatic carbocycles. The van der Waals surface area contributed by atoms with Gasteiger partial charge in [0.15, 0.2) is 0 Å². The van der Waals surface area contributed by atoms with E-state index in [1.807, 2.05) is 37.5 Å². The molecule has 0 aliphatic heterocycles. The summed E-state index contributed by atoms with van der Waals surface area (Å²) in [6.07, 6.45) is 1.86. The molecule has 0 amide bonds. The standard InChI is InChI=1S/C15H13ClN2S/c1-17-15(13-6-7-14(16)19-13)11-8-9-18-12-5-3-2-4-10(11)12/h2-9,15,17H,1H3. The number of rotatable bonds is 3. The van der Waals surface area contributed by atoms with E-state index >= 15 is 0 Å². The molecule has 1 N–H and O–H groups in total. The van der Waals surface area contributed by atoms with Crippen LogP contribution in [0.4, 0.5) is 0 Å². The van der Waals surface area contributed by atoms with Crippen LogP contribution < -0.4 is 5.32 Å². The summed E-state index contributed by atoms with van der Waals surface area (Å²) >= 11 is 7.65. The number of aromatic nitrogens is 1. The highest BCUT2D eigenvalue weighted by Crippen LogP contribution is 2.33. The molecule has 1 unspecified atom stereocenters. The van der Waals surface area contributed by atoms with Crippen molar-refractivity contribution in [2.45, 2.75) is 6.04 Å². The van der Waals surface area contributed by atoms with Gasteiger partial charge in [0, 0.05) is 16.5 Å². The zero-order valence-electron chi connectivity index (χ0n) is 10.4. The van der Waals surface area contributed by atoms with Crippen LogP contribution >= 0.6 is 22.9 Å². The molecule has 0 radical (unpaired) electrons. The zero-order valence-corrected chi connectivity index (χ0v) is 12.0. The Kier molecular flexibility index (Phi) is 3.51. The van der Waals surface area contributed by atoms with Gasteiger partial charge in [0.1, 0.15) is 0 Å². The summed E-state index contributed by atoms with van der Waals surface area (Å²) < 4.78 is 0.814. The second kappa shape index (κ2) is 5.29. The largest absolute Gasteiger partial charge is 0.309 e. The summed E-state index contributed by atoms with van der Waals surface area (Å²) in [4.78, 5) is 5.62. The average Bonchev–Trinajstić information content (AvgIpc) is 2.86. The normalized spacial score (nSPS) is 12.7. The number of nitrogens with zero attached hydrogens (tertiary/aromatic N) is 1. The highest BCUT2D eigenvalue weighted by molar-refractivity contribution is 7.16. The second-order valence-corrected chi connectivity index (χ2v) is 6.03. The van der Waals surface area contributed by atoms with Crippen molar-refractivity contribution in [2.75, 3.05) is 7.05 Å². The minimum atomic E-state index is 0.144. The first-order valence-electron chi connectivity index (χ1n) is 6.06. The smallest absolute Gasteiger partial charge is 0.0931 e. The lowest BCUT2D eigenvalue weighted by Gasteiger charge is -2.17. The van der Waals surface area contributed by atoms with E-state index in [4.69, 9.17) is 11.6 Å². The van der Waals surface area contributed by atoms with Crippen molar-refractivity contribution in [3.8, 4) is 0 Å². The number of fused-ring (bicyclic) bond motifs is 1. The van der Waals surface area contributed by atoms with E-state index in [1.165, 1.54) is 15.8 Å². The predicted octanol–water partition coefficient (Wildman–Crippen LogP) is 4.26. The Labute approximate surface area is 121 Å². The van der Waals surface area contributed by atoms with E-state index < -0.39 is 0 Å². The maximum Gasteiger partial charge on any atom is 0.0931 e. The fraction of sp³-hybridized carbons (Fsp3) is 0.133. The van der Waals surface area contributed by atoms with Crippen LogP contribution in [-0.4, -0.2) is 12.0 Å². The van der Waals surface area contributed by atoms with Crippen molar-refractivity contribution in [2.24, 2.45) is 0 Å². The molecule has 19 heavy (non-hydrogen) atoms. The minimum absolute atomic E-state index is 0.144. The first-order valence-corrected chi connectivity index (χ1v) is 7.25. The van der Waals surface area contributed by atoms with Crippen molar-refractivity contribution in [3.63, 3.8) is 0 Å². The van der Waals surface area contributed by atoms with Gasteiger partial charge in [-0.2, -0.15) is 0 Å². The van der Waals surface area contributed by atoms with Gasteiger partial charge in [-0.1, -0.05) is 29.8 Å². The van der Waals surface area contributed by atoms with E-state index in [-0.39, 0.29) is 6.04 Å². The Balaban J connectivity index is 2.16. The number of hydrogen-bond acceptors (Lipinski definition) is 3. The molecule has 0 saturated heterocycles. The van der Waals surface area contributed by atoms with Crippen LogP contribution in [0.15, 0.2) is 48.7 Å². The molecule has 0 fully saturated rings. The summed E-state index contributed by atoms with van der Waals surface area (Å²) in [5.74, 6) is 0.